The van der Waals surface area contributed by atoms with Gasteiger partial charge in [0.15, 0.2) is 11.7 Å². The van der Waals surface area contributed by atoms with Crippen molar-refractivity contribution in [2.75, 3.05) is 6.61 Å². The van der Waals surface area contributed by atoms with Gasteiger partial charge >= 0.3 is 0 Å². The van der Waals surface area contributed by atoms with Crippen molar-refractivity contribution in [1.29, 1.82) is 0 Å². The summed E-state index contributed by atoms with van der Waals surface area (Å²) in [5.74, 6) is -0.267. The number of hydrazine groups is 1. The van der Waals surface area contributed by atoms with E-state index >= 15 is 0 Å². The largest absolute Gasteiger partial charge is 0.483 e. The third-order valence-corrected chi connectivity index (χ3v) is 3.76. The third kappa shape index (κ3) is 6.02. The molecule has 0 radical (unpaired) electrons. The zero-order valence-electron chi connectivity index (χ0n) is 14.3. The number of halogens is 1. The fourth-order valence-electron chi connectivity index (χ4n) is 2.08. The number of amides is 2. The van der Waals surface area contributed by atoms with Crippen molar-refractivity contribution < 1.29 is 14.3 Å². The molecule has 0 aromatic heterocycles. The molecule has 0 atom stereocenters. The zero-order valence-corrected chi connectivity index (χ0v) is 15.8. The Hall–Kier alpha value is -2.64. The zero-order chi connectivity index (χ0) is 19.1. The Bertz CT molecular complexity index is 842. The summed E-state index contributed by atoms with van der Waals surface area (Å²) in [6, 6.07) is 12.2. The molecule has 0 heterocycles. The van der Waals surface area contributed by atoms with Crippen LogP contribution in [-0.4, -0.2) is 23.5 Å². The van der Waals surface area contributed by atoms with E-state index < -0.39 is 5.91 Å². The second kappa shape index (κ2) is 9.17. The average Bonchev–Trinajstić information content (AvgIpc) is 2.59. The molecule has 2 aromatic carbocycles. The monoisotopic (exact) mass is 391 g/mol. The summed E-state index contributed by atoms with van der Waals surface area (Å²) >= 11 is 10.8. The highest BCUT2D eigenvalue weighted by Crippen LogP contribution is 2.21. The first-order chi connectivity index (χ1) is 12.3. The van der Waals surface area contributed by atoms with Gasteiger partial charge in [-0.05, 0) is 62.0 Å². The minimum absolute atomic E-state index is 0.0348. The van der Waals surface area contributed by atoms with E-state index in [4.69, 9.17) is 28.6 Å². The lowest BCUT2D eigenvalue weighted by Crippen LogP contribution is -2.49. The predicted octanol–water partition coefficient (Wildman–Crippen LogP) is 2.67. The van der Waals surface area contributed by atoms with Crippen LogP contribution in [0.15, 0.2) is 42.5 Å². The van der Waals surface area contributed by atoms with Gasteiger partial charge in [-0.25, -0.2) is 0 Å². The SMILES string of the molecule is Cc1cccc(C(=O)NNC(=S)NC(=O)COc2ccc(Cl)cc2C)c1. The van der Waals surface area contributed by atoms with Gasteiger partial charge in [-0.3, -0.25) is 25.8 Å². The van der Waals surface area contributed by atoms with Crippen molar-refractivity contribution in [1.82, 2.24) is 16.2 Å². The first kappa shape index (κ1) is 19.7. The summed E-state index contributed by atoms with van der Waals surface area (Å²) in [5.41, 5.74) is 7.15. The number of hydrogen-bond donors (Lipinski definition) is 3. The Labute approximate surface area is 161 Å². The number of ether oxygens (including phenoxy) is 1. The lowest BCUT2D eigenvalue weighted by molar-refractivity contribution is -0.121. The first-order valence-corrected chi connectivity index (χ1v) is 8.49. The molecule has 2 aromatic rings. The molecule has 2 amide bonds. The maximum absolute atomic E-state index is 12.0. The molecule has 0 aliphatic rings. The van der Waals surface area contributed by atoms with Crippen molar-refractivity contribution in [3.63, 3.8) is 0 Å². The van der Waals surface area contributed by atoms with E-state index in [1.54, 1.807) is 36.4 Å². The summed E-state index contributed by atoms with van der Waals surface area (Å²) in [4.78, 5) is 23.8. The number of carbonyl (C=O) groups excluding carboxylic acids is 2. The molecule has 0 spiro atoms. The van der Waals surface area contributed by atoms with E-state index in [0.29, 0.717) is 16.3 Å². The molecule has 0 aliphatic carbocycles. The number of rotatable bonds is 4. The molecule has 26 heavy (non-hydrogen) atoms. The van der Waals surface area contributed by atoms with E-state index in [-0.39, 0.29) is 17.6 Å². The molecule has 2 rings (SSSR count). The maximum Gasteiger partial charge on any atom is 0.269 e. The lowest BCUT2D eigenvalue weighted by Gasteiger charge is -2.12. The fraction of sp³-hybridized carbons (Fsp3) is 0.167. The van der Waals surface area contributed by atoms with E-state index in [1.807, 2.05) is 19.9 Å². The standard InChI is InChI=1S/C18H18ClN3O3S/c1-11-4-3-5-13(8-11)17(24)21-22-18(26)20-16(23)10-25-15-7-6-14(19)9-12(15)2/h3-9H,10H2,1-2H3,(H,21,24)(H2,20,22,23,26). The fourth-order valence-corrected chi connectivity index (χ4v) is 2.48. The first-order valence-electron chi connectivity index (χ1n) is 7.71. The minimum Gasteiger partial charge on any atom is -0.483 e. The number of thiocarbonyl (C=S) groups is 1. The molecular weight excluding hydrogens is 374 g/mol. The summed E-state index contributed by atoms with van der Waals surface area (Å²) in [5, 5.41) is 2.97. The molecule has 0 saturated heterocycles. The van der Waals surface area contributed by atoms with Crippen molar-refractivity contribution in [3.05, 3.63) is 64.2 Å². The van der Waals surface area contributed by atoms with E-state index in [2.05, 4.69) is 16.2 Å². The van der Waals surface area contributed by atoms with E-state index in [0.717, 1.165) is 11.1 Å². The van der Waals surface area contributed by atoms with Crippen molar-refractivity contribution in [3.8, 4) is 5.75 Å². The maximum atomic E-state index is 12.0. The van der Waals surface area contributed by atoms with E-state index in [1.165, 1.54) is 0 Å². The normalized spacial score (nSPS) is 9.96. The van der Waals surface area contributed by atoms with Crippen LogP contribution in [0.3, 0.4) is 0 Å². The predicted molar refractivity (Wildman–Crippen MR) is 104 cm³/mol. The topological polar surface area (TPSA) is 79.5 Å². The number of aryl methyl sites for hydroxylation is 2. The molecule has 6 nitrogen and oxygen atoms in total. The van der Waals surface area contributed by atoms with Crippen LogP contribution in [-0.2, 0) is 4.79 Å². The summed E-state index contributed by atoms with van der Waals surface area (Å²) in [6.45, 7) is 3.49. The highest BCUT2D eigenvalue weighted by atomic mass is 35.5. The summed E-state index contributed by atoms with van der Waals surface area (Å²) < 4.78 is 5.42. The average molecular weight is 392 g/mol. The highest BCUT2D eigenvalue weighted by molar-refractivity contribution is 7.80. The van der Waals surface area contributed by atoms with Gasteiger partial charge in [0.25, 0.3) is 11.8 Å². The molecule has 0 fully saturated rings. The van der Waals surface area contributed by atoms with Gasteiger partial charge < -0.3 is 4.74 Å². The Morgan fingerprint density at radius 2 is 1.88 bits per heavy atom. The van der Waals surface area contributed by atoms with Gasteiger partial charge in [0.2, 0.25) is 0 Å². The lowest BCUT2D eigenvalue weighted by atomic mass is 10.1. The van der Waals surface area contributed by atoms with Crippen LogP contribution in [0.2, 0.25) is 5.02 Å². The number of benzene rings is 2. The van der Waals surface area contributed by atoms with Crippen LogP contribution in [0, 0.1) is 13.8 Å². The molecule has 0 aliphatic heterocycles. The number of hydrogen-bond acceptors (Lipinski definition) is 4. The van der Waals surface area contributed by atoms with E-state index in [9.17, 15) is 9.59 Å². The molecule has 0 unspecified atom stereocenters. The molecule has 136 valence electrons. The highest BCUT2D eigenvalue weighted by Gasteiger charge is 2.09. The van der Waals surface area contributed by atoms with Crippen LogP contribution in [0.5, 0.6) is 5.75 Å². The second-order valence-electron chi connectivity index (χ2n) is 5.52. The quantitative estimate of drug-likeness (QED) is 0.551. The second-order valence-corrected chi connectivity index (χ2v) is 6.37. The molecule has 8 heteroatoms. The Morgan fingerprint density at radius 3 is 2.58 bits per heavy atom. The van der Waals surface area contributed by atoms with Gasteiger partial charge in [0.05, 0.1) is 0 Å². The van der Waals surface area contributed by atoms with Crippen LogP contribution in [0.4, 0.5) is 0 Å². The molecule has 3 N–H and O–H groups in total. The van der Waals surface area contributed by atoms with Crippen molar-refractivity contribution in [2.24, 2.45) is 0 Å². The van der Waals surface area contributed by atoms with Gasteiger partial charge in [-0.1, -0.05) is 29.3 Å². The third-order valence-electron chi connectivity index (χ3n) is 3.32. The minimum atomic E-state index is -0.457. The van der Waals surface area contributed by atoms with Crippen LogP contribution >= 0.6 is 23.8 Å². The van der Waals surface area contributed by atoms with Gasteiger partial charge in [-0.15, -0.1) is 0 Å². The molecular formula is C18H18ClN3O3S. The van der Waals surface area contributed by atoms with Crippen LogP contribution in [0.25, 0.3) is 0 Å². The molecule has 0 saturated carbocycles. The number of nitrogens with one attached hydrogen (secondary N) is 3. The van der Waals surface area contributed by atoms with Crippen LogP contribution < -0.4 is 20.9 Å². The Kier molecular flexibility index (Phi) is 6.94. The summed E-state index contributed by atoms with van der Waals surface area (Å²) in [7, 11) is 0. The van der Waals surface area contributed by atoms with Gasteiger partial charge in [0.1, 0.15) is 5.75 Å². The Balaban J connectivity index is 1.76. The van der Waals surface area contributed by atoms with Crippen LogP contribution in [0.1, 0.15) is 21.5 Å². The van der Waals surface area contributed by atoms with Gasteiger partial charge in [0, 0.05) is 10.6 Å². The molecule has 0 bridgehead atoms. The van der Waals surface area contributed by atoms with Gasteiger partial charge in [-0.2, -0.15) is 0 Å². The Morgan fingerprint density at radius 1 is 1.12 bits per heavy atom. The smallest absolute Gasteiger partial charge is 0.269 e. The number of carbonyl (C=O) groups is 2. The van der Waals surface area contributed by atoms with Crippen molar-refractivity contribution >= 4 is 40.7 Å². The van der Waals surface area contributed by atoms with Crippen molar-refractivity contribution in [2.45, 2.75) is 13.8 Å². The summed E-state index contributed by atoms with van der Waals surface area (Å²) in [6.07, 6.45) is 0.